The van der Waals surface area contributed by atoms with Gasteiger partial charge in [-0.15, -0.1) is 0 Å². The molecule has 0 unspecified atom stereocenters. The Labute approximate surface area is 188 Å². The van der Waals surface area contributed by atoms with E-state index in [1.807, 2.05) is 13.8 Å². The van der Waals surface area contributed by atoms with E-state index in [1.165, 1.54) is 18.2 Å². The molecular weight excluding hydrogens is 440 g/mol. The molecule has 32 heavy (non-hydrogen) atoms. The molecule has 7 nitrogen and oxygen atoms in total. The lowest BCUT2D eigenvalue weighted by Gasteiger charge is -2.19. The molecule has 1 fully saturated rings. The number of hydrogen-bond acceptors (Lipinski definition) is 5. The summed E-state index contributed by atoms with van der Waals surface area (Å²) in [6.07, 6.45) is -0.592. The van der Waals surface area contributed by atoms with Gasteiger partial charge in [-0.1, -0.05) is 11.6 Å². The molecule has 0 aliphatic carbocycles. The number of carbonyl (C=O) groups excluding carboxylic acids is 1. The number of alkyl halides is 1. The van der Waals surface area contributed by atoms with Gasteiger partial charge in [0.2, 0.25) is 0 Å². The molecule has 10 heteroatoms. The maximum absolute atomic E-state index is 13.9. The zero-order chi connectivity index (χ0) is 22.6. The number of halogens is 3. The number of ether oxygens (including phenoxy) is 1. The van der Waals surface area contributed by atoms with Crippen molar-refractivity contribution >= 4 is 23.2 Å². The van der Waals surface area contributed by atoms with Gasteiger partial charge in [0.05, 0.1) is 40.8 Å². The third kappa shape index (κ3) is 3.59. The molecule has 3 aromatic rings. The topological polar surface area (TPSA) is 71.8 Å². The molecule has 1 N–H and O–H groups in total. The lowest BCUT2D eigenvalue weighted by atomic mass is 10.1. The maximum atomic E-state index is 13.9. The molecule has 2 aliphatic rings. The van der Waals surface area contributed by atoms with E-state index < -0.39 is 12.0 Å². The molecule has 0 saturated carbocycles. The van der Waals surface area contributed by atoms with Crippen LogP contribution in [-0.2, 0) is 13.1 Å². The number of fused-ring (bicyclic) bond motifs is 3. The van der Waals surface area contributed by atoms with Crippen molar-refractivity contribution in [1.82, 2.24) is 24.8 Å². The highest BCUT2D eigenvalue weighted by Crippen LogP contribution is 2.31. The molecule has 1 aromatic carbocycles. The fourth-order valence-electron chi connectivity index (χ4n) is 4.31. The second-order valence-corrected chi connectivity index (χ2v) is 8.69. The van der Waals surface area contributed by atoms with Crippen LogP contribution >= 0.6 is 11.6 Å². The van der Waals surface area contributed by atoms with Gasteiger partial charge in [-0.05, 0) is 32.4 Å². The Morgan fingerprint density at radius 2 is 2.16 bits per heavy atom. The molecule has 2 atom stereocenters. The quantitative estimate of drug-likeness (QED) is 0.645. The van der Waals surface area contributed by atoms with E-state index in [4.69, 9.17) is 16.3 Å². The summed E-state index contributed by atoms with van der Waals surface area (Å²) in [7, 11) is 0. The number of nitrogens with zero attached hydrogens (tertiary/aromatic N) is 4. The van der Waals surface area contributed by atoms with Crippen molar-refractivity contribution in [3.05, 3.63) is 57.2 Å². The number of hydrogen-bond donors (Lipinski definition) is 1. The molecule has 0 bridgehead atoms. The molecule has 1 amide bonds. The van der Waals surface area contributed by atoms with Gasteiger partial charge in [0.25, 0.3) is 5.91 Å². The van der Waals surface area contributed by atoms with Crippen molar-refractivity contribution < 1.29 is 18.3 Å². The van der Waals surface area contributed by atoms with Gasteiger partial charge in [-0.25, -0.2) is 18.3 Å². The van der Waals surface area contributed by atoms with Gasteiger partial charge < -0.3 is 15.0 Å². The van der Waals surface area contributed by atoms with Crippen LogP contribution in [0.15, 0.2) is 18.2 Å². The summed E-state index contributed by atoms with van der Waals surface area (Å²) in [5.41, 5.74) is 4.06. The molecule has 0 spiro atoms. The van der Waals surface area contributed by atoms with E-state index in [1.54, 1.807) is 9.42 Å². The van der Waals surface area contributed by atoms with Gasteiger partial charge in [0, 0.05) is 24.2 Å². The third-order valence-corrected chi connectivity index (χ3v) is 6.57. The highest BCUT2D eigenvalue weighted by molar-refractivity contribution is 6.31. The smallest absolute Gasteiger partial charge is 0.258 e. The van der Waals surface area contributed by atoms with Crippen LogP contribution in [0.5, 0.6) is 5.75 Å². The van der Waals surface area contributed by atoms with Gasteiger partial charge in [0.1, 0.15) is 24.3 Å². The number of amides is 1. The molecule has 2 aromatic heterocycles. The predicted molar refractivity (Wildman–Crippen MR) is 114 cm³/mol. The van der Waals surface area contributed by atoms with Crippen molar-refractivity contribution in [3.8, 4) is 5.75 Å². The Balaban J connectivity index is 1.38. The van der Waals surface area contributed by atoms with Crippen LogP contribution in [-0.4, -0.2) is 50.8 Å². The van der Waals surface area contributed by atoms with Crippen LogP contribution < -0.4 is 10.1 Å². The summed E-state index contributed by atoms with van der Waals surface area (Å²) < 4.78 is 34.7. The first-order chi connectivity index (χ1) is 15.3. The highest BCUT2D eigenvalue weighted by atomic mass is 35.5. The normalized spacial score (nSPS) is 20.2. The second kappa shape index (κ2) is 7.97. The van der Waals surface area contributed by atoms with Crippen molar-refractivity contribution in [2.45, 2.75) is 45.6 Å². The zero-order valence-electron chi connectivity index (χ0n) is 17.7. The minimum absolute atomic E-state index is 0.148. The van der Waals surface area contributed by atoms with Crippen LogP contribution in [0.25, 0.3) is 5.65 Å². The summed E-state index contributed by atoms with van der Waals surface area (Å²) in [6, 6.07) is 3.67. The third-order valence-electron chi connectivity index (χ3n) is 6.03. The standard InChI is InChI=1S/C22H22ClF2N5O2/c1-11-20(23)12(2)30-21(27-11)17-8-29(9-18(17)28-30)22(31)16-4-3-13(24)6-19(16)32-10-15-5-14(25)7-26-15/h3-4,6,14-15,26H,5,7-10H2,1-2H3/t14-,15-/m1/s1. The molecule has 4 heterocycles. The Bertz CT molecular complexity index is 1230. The summed E-state index contributed by atoms with van der Waals surface area (Å²) in [4.78, 5) is 19.5. The van der Waals surface area contributed by atoms with Gasteiger partial charge in [-0.2, -0.15) is 5.10 Å². The van der Waals surface area contributed by atoms with E-state index in [-0.39, 0.29) is 36.4 Å². The molecule has 168 valence electrons. The minimum Gasteiger partial charge on any atom is -0.491 e. The van der Waals surface area contributed by atoms with Crippen molar-refractivity contribution in [3.63, 3.8) is 0 Å². The maximum Gasteiger partial charge on any atom is 0.258 e. The average Bonchev–Trinajstić information content (AvgIpc) is 3.45. The van der Waals surface area contributed by atoms with Crippen molar-refractivity contribution in [1.29, 1.82) is 0 Å². The number of benzene rings is 1. The first-order valence-corrected chi connectivity index (χ1v) is 10.8. The largest absolute Gasteiger partial charge is 0.491 e. The van der Waals surface area contributed by atoms with Gasteiger partial charge in [-0.3, -0.25) is 4.79 Å². The highest BCUT2D eigenvalue weighted by Gasteiger charge is 2.32. The monoisotopic (exact) mass is 461 g/mol. The van der Waals surface area contributed by atoms with E-state index in [2.05, 4.69) is 15.4 Å². The fourth-order valence-corrected chi connectivity index (χ4v) is 4.43. The number of rotatable bonds is 4. The van der Waals surface area contributed by atoms with Crippen LogP contribution in [0, 0.1) is 19.7 Å². The zero-order valence-corrected chi connectivity index (χ0v) is 18.4. The van der Waals surface area contributed by atoms with Gasteiger partial charge >= 0.3 is 0 Å². The fraction of sp³-hybridized carbons (Fsp3) is 0.409. The molecule has 2 aliphatic heterocycles. The van der Waals surface area contributed by atoms with E-state index in [0.29, 0.717) is 35.9 Å². The van der Waals surface area contributed by atoms with E-state index in [0.717, 1.165) is 17.0 Å². The van der Waals surface area contributed by atoms with E-state index in [9.17, 15) is 13.6 Å². The van der Waals surface area contributed by atoms with Crippen LogP contribution in [0.1, 0.15) is 39.4 Å². The lowest BCUT2D eigenvalue weighted by Crippen LogP contribution is -2.30. The van der Waals surface area contributed by atoms with Crippen LogP contribution in [0.3, 0.4) is 0 Å². The average molecular weight is 462 g/mol. The summed E-state index contributed by atoms with van der Waals surface area (Å²) >= 11 is 6.30. The minimum atomic E-state index is -0.921. The summed E-state index contributed by atoms with van der Waals surface area (Å²) in [5.74, 6) is -0.649. The number of carbonyl (C=O) groups is 1. The second-order valence-electron chi connectivity index (χ2n) is 8.31. The first kappa shape index (κ1) is 21.1. The predicted octanol–water partition coefficient (Wildman–Crippen LogP) is 3.37. The SMILES string of the molecule is Cc1nc2c3c(nn2c(C)c1Cl)CN(C(=O)c1ccc(F)cc1OC[C@H]1C[C@@H](F)CN1)C3. The molecule has 5 rings (SSSR count). The Morgan fingerprint density at radius 1 is 1.34 bits per heavy atom. The van der Waals surface area contributed by atoms with Crippen LogP contribution in [0.2, 0.25) is 5.02 Å². The molecular formula is C22H22ClF2N5O2. The molecule has 0 radical (unpaired) electrons. The van der Waals surface area contributed by atoms with Gasteiger partial charge in [0.15, 0.2) is 5.65 Å². The van der Waals surface area contributed by atoms with Crippen molar-refractivity contribution in [2.24, 2.45) is 0 Å². The Hall–Kier alpha value is -2.78. The summed E-state index contributed by atoms with van der Waals surface area (Å²) in [6.45, 7) is 4.77. The molecule has 1 saturated heterocycles. The number of nitrogens with one attached hydrogen (secondary N) is 1. The Morgan fingerprint density at radius 3 is 2.91 bits per heavy atom. The Kier molecular flexibility index (Phi) is 5.25. The number of aromatic nitrogens is 3. The first-order valence-electron chi connectivity index (χ1n) is 10.4. The lowest BCUT2D eigenvalue weighted by molar-refractivity contribution is 0.0744. The summed E-state index contributed by atoms with van der Waals surface area (Å²) in [5, 5.41) is 8.18. The number of aryl methyl sites for hydroxylation is 2. The van der Waals surface area contributed by atoms with Crippen molar-refractivity contribution in [2.75, 3.05) is 13.2 Å². The van der Waals surface area contributed by atoms with Crippen LogP contribution in [0.4, 0.5) is 8.78 Å². The van der Waals surface area contributed by atoms with E-state index >= 15 is 0 Å².